The van der Waals surface area contributed by atoms with E-state index in [1.54, 1.807) is 0 Å². The van der Waals surface area contributed by atoms with Gasteiger partial charge in [-0.3, -0.25) is 0 Å². The van der Waals surface area contributed by atoms with Crippen LogP contribution in [0.1, 0.15) is 16.8 Å². The maximum Gasteiger partial charge on any atom is 0.574 e. The number of rotatable bonds is 3. The van der Waals surface area contributed by atoms with E-state index >= 15 is 0 Å². The van der Waals surface area contributed by atoms with Crippen molar-refractivity contribution >= 4 is 15.9 Å². The van der Waals surface area contributed by atoms with Crippen LogP contribution in [0.25, 0.3) is 0 Å². The van der Waals surface area contributed by atoms with E-state index in [4.69, 9.17) is 5.11 Å². The molecule has 0 aliphatic rings. The number of pyridine rings is 1. The molecule has 0 saturated heterocycles. The van der Waals surface area contributed by atoms with E-state index in [2.05, 4.69) is 25.7 Å². The van der Waals surface area contributed by atoms with Crippen molar-refractivity contribution < 1.29 is 36.2 Å². The Morgan fingerprint density at radius 2 is 1.74 bits per heavy atom. The molecule has 0 unspecified atom stereocenters. The molecule has 10 heteroatoms. The molecule has 0 amide bonds. The third kappa shape index (κ3) is 4.23. The van der Waals surface area contributed by atoms with E-state index in [0.717, 1.165) is 6.07 Å². The molecule has 108 valence electrons. The summed E-state index contributed by atoms with van der Waals surface area (Å²) in [6.07, 6.45) is -10.2. The minimum absolute atomic E-state index is 0.212. The predicted octanol–water partition coefficient (Wildman–Crippen LogP) is 3.39. The fourth-order valence-corrected chi connectivity index (χ4v) is 1.65. The minimum Gasteiger partial charge on any atom is -0.392 e. The number of hydrogen-bond donors (Lipinski definition) is 1. The Morgan fingerprint density at radius 3 is 2.11 bits per heavy atom. The highest BCUT2D eigenvalue weighted by Crippen LogP contribution is 2.35. The van der Waals surface area contributed by atoms with Crippen LogP contribution in [-0.4, -0.2) is 16.5 Å². The van der Waals surface area contributed by atoms with Gasteiger partial charge in [0.2, 0.25) is 5.88 Å². The van der Waals surface area contributed by atoms with Gasteiger partial charge in [-0.1, -0.05) is 15.9 Å². The molecule has 1 N–H and O–H groups in total. The maximum absolute atomic E-state index is 12.6. The first kappa shape index (κ1) is 16.0. The minimum atomic E-state index is -5.16. The smallest absolute Gasteiger partial charge is 0.392 e. The van der Waals surface area contributed by atoms with E-state index < -0.39 is 36.3 Å². The van der Waals surface area contributed by atoms with Crippen molar-refractivity contribution in [2.24, 2.45) is 0 Å². The van der Waals surface area contributed by atoms with Crippen LogP contribution in [0.15, 0.2) is 6.07 Å². The van der Waals surface area contributed by atoms with Gasteiger partial charge in [0.15, 0.2) is 5.69 Å². The second-order valence-electron chi connectivity index (χ2n) is 3.30. The summed E-state index contributed by atoms with van der Waals surface area (Å²) in [6.45, 7) is -1.01. The van der Waals surface area contributed by atoms with Gasteiger partial charge in [-0.05, 0) is 6.07 Å². The Hall–Kier alpha value is -1.03. The van der Waals surface area contributed by atoms with Gasteiger partial charge >= 0.3 is 12.5 Å². The largest absolute Gasteiger partial charge is 0.574 e. The first-order valence-electron chi connectivity index (χ1n) is 4.61. The van der Waals surface area contributed by atoms with E-state index in [9.17, 15) is 26.3 Å². The van der Waals surface area contributed by atoms with Gasteiger partial charge < -0.3 is 9.84 Å². The van der Waals surface area contributed by atoms with Crippen LogP contribution < -0.4 is 4.74 Å². The average Bonchev–Trinajstić information content (AvgIpc) is 2.25. The van der Waals surface area contributed by atoms with Crippen molar-refractivity contribution in [3.05, 3.63) is 22.9 Å². The normalized spacial score (nSPS) is 12.6. The van der Waals surface area contributed by atoms with Gasteiger partial charge in [0.05, 0.1) is 6.61 Å². The molecule has 0 saturated carbocycles. The second-order valence-corrected chi connectivity index (χ2v) is 3.86. The molecule has 0 aromatic carbocycles. The Morgan fingerprint density at radius 1 is 1.16 bits per heavy atom. The van der Waals surface area contributed by atoms with Crippen LogP contribution in [0.3, 0.4) is 0 Å². The topological polar surface area (TPSA) is 42.4 Å². The van der Waals surface area contributed by atoms with Gasteiger partial charge in [-0.25, -0.2) is 4.98 Å². The second kappa shape index (κ2) is 5.53. The molecule has 0 aliphatic carbocycles. The number of aliphatic hydroxyl groups is 1. The highest BCUT2D eigenvalue weighted by molar-refractivity contribution is 9.08. The first-order chi connectivity index (χ1) is 8.58. The molecule has 0 bridgehead atoms. The Balaban J connectivity index is 3.38. The lowest BCUT2D eigenvalue weighted by molar-refractivity contribution is -0.276. The Bertz CT molecular complexity index is 459. The lowest BCUT2D eigenvalue weighted by atomic mass is 10.1. The maximum atomic E-state index is 12.6. The summed E-state index contributed by atoms with van der Waals surface area (Å²) in [5, 5.41) is 8.60. The summed E-state index contributed by atoms with van der Waals surface area (Å²) in [7, 11) is 0. The molecule has 1 heterocycles. The van der Waals surface area contributed by atoms with Gasteiger partial charge in [0.1, 0.15) is 0 Å². The molecule has 0 radical (unpaired) electrons. The summed E-state index contributed by atoms with van der Waals surface area (Å²) < 4.78 is 77.3. The van der Waals surface area contributed by atoms with Crippen LogP contribution in [0.4, 0.5) is 26.3 Å². The third-order valence-corrected chi connectivity index (χ3v) is 2.54. The first-order valence-corrected chi connectivity index (χ1v) is 5.73. The number of aliphatic hydroxyl groups excluding tert-OH is 1. The molecule has 1 rings (SSSR count). The van der Waals surface area contributed by atoms with Gasteiger partial charge in [0.25, 0.3) is 0 Å². The van der Waals surface area contributed by atoms with Crippen molar-refractivity contribution in [3.63, 3.8) is 0 Å². The fourth-order valence-electron chi connectivity index (χ4n) is 1.25. The molecule has 1 aromatic heterocycles. The summed E-state index contributed by atoms with van der Waals surface area (Å²) in [4.78, 5) is 2.81. The zero-order valence-corrected chi connectivity index (χ0v) is 10.5. The summed E-state index contributed by atoms with van der Waals surface area (Å²) in [5.41, 5.74) is -2.50. The van der Waals surface area contributed by atoms with Crippen LogP contribution in [0.2, 0.25) is 0 Å². The van der Waals surface area contributed by atoms with Crippen molar-refractivity contribution in [1.29, 1.82) is 0 Å². The lowest BCUT2D eigenvalue weighted by Crippen LogP contribution is -2.21. The molecule has 19 heavy (non-hydrogen) atoms. The summed E-state index contributed by atoms with van der Waals surface area (Å²) in [6, 6.07) is 0.756. The monoisotopic (exact) mass is 353 g/mol. The van der Waals surface area contributed by atoms with E-state index in [1.165, 1.54) is 0 Å². The predicted molar refractivity (Wildman–Crippen MR) is 54.5 cm³/mol. The fraction of sp³-hybridized carbons (Fsp3) is 0.444. The molecular weight excluding hydrogens is 348 g/mol. The van der Waals surface area contributed by atoms with Gasteiger partial charge in [0, 0.05) is 16.5 Å². The number of alkyl halides is 7. The number of halogens is 7. The summed E-state index contributed by atoms with van der Waals surface area (Å²) >= 11 is 2.80. The molecule has 3 nitrogen and oxygen atoms in total. The van der Waals surface area contributed by atoms with Crippen LogP contribution in [0, 0.1) is 0 Å². The molecule has 0 spiro atoms. The number of ether oxygens (including phenoxy) is 1. The van der Waals surface area contributed by atoms with Crippen LogP contribution in [-0.2, 0) is 18.1 Å². The molecule has 1 aromatic rings. The Labute approximate surface area is 111 Å². The van der Waals surface area contributed by atoms with E-state index in [1.807, 2.05) is 0 Å². The number of nitrogens with zero attached hydrogens (tertiary/aromatic N) is 1. The molecular formula is C9H6BrF6NO2. The van der Waals surface area contributed by atoms with Crippen LogP contribution in [0.5, 0.6) is 5.88 Å². The molecule has 0 fully saturated rings. The summed E-state index contributed by atoms with van der Waals surface area (Å²) in [5.74, 6) is -1.20. The molecule has 0 atom stereocenters. The van der Waals surface area contributed by atoms with E-state index in [0.29, 0.717) is 0 Å². The van der Waals surface area contributed by atoms with Gasteiger partial charge in [-0.2, -0.15) is 13.2 Å². The standard InChI is InChI=1S/C9H6BrF6NO2/c10-2-4-1-5(3-18)6(8(11,12)13)17-7(4)19-9(14,15)16/h1,18H,2-3H2. The number of hydrogen-bond acceptors (Lipinski definition) is 3. The van der Waals surface area contributed by atoms with Gasteiger partial charge in [-0.15, -0.1) is 13.2 Å². The average molecular weight is 354 g/mol. The quantitative estimate of drug-likeness (QED) is 0.669. The highest BCUT2D eigenvalue weighted by atomic mass is 79.9. The van der Waals surface area contributed by atoms with Crippen molar-refractivity contribution in [2.75, 3.05) is 0 Å². The van der Waals surface area contributed by atoms with Crippen molar-refractivity contribution in [3.8, 4) is 5.88 Å². The highest BCUT2D eigenvalue weighted by Gasteiger charge is 2.39. The zero-order chi connectivity index (χ0) is 14.8. The zero-order valence-electron chi connectivity index (χ0n) is 8.94. The van der Waals surface area contributed by atoms with E-state index in [-0.39, 0.29) is 10.9 Å². The van der Waals surface area contributed by atoms with Crippen LogP contribution >= 0.6 is 15.9 Å². The SMILES string of the molecule is OCc1cc(CBr)c(OC(F)(F)F)nc1C(F)(F)F. The number of aromatic nitrogens is 1. The molecule has 0 aliphatic heterocycles. The van der Waals surface area contributed by atoms with Crippen molar-refractivity contribution in [2.45, 2.75) is 24.5 Å². The Kier molecular flexibility index (Phi) is 4.67. The van der Waals surface area contributed by atoms with Crippen molar-refractivity contribution in [1.82, 2.24) is 4.98 Å². The third-order valence-electron chi connectivity index (χ3n) is 1.94. The lowest BCUT2D eigenvalue weighted by Gasteiger charge is -2.16.